The van der Waals surface area contributed by atoms with Gasteiger partial charge in [0.25, 0.3) is 0 Å². The summed E-state index contributed by atoms with van der Waals surface area (Å²) in [5, 5.41) is 1.04. The van der Waals surface area contributed by atoms with Gasteiger partial charge in [0.15, 0.2) is 5.70 Å². The fourth-order valence-corrected chi connectivity index (χ4v) is 2.57. The van der Waals surface area contributed by atoms with Gasteiger partial charge in [-0.25, -0.2) is 4.79 Å². The Morgan fingerprint density at radius 2 is 1.78 bits per heavy atom. The first-order chi connectivity index (χ1) is 11.2. The molecule has 0 unspecified atom stereocenters. The summed E-state index contributed by atoms with van der Waals surface area (Å²) in [5.74, 6) is -0.450. The van der Waals surface area contributed by atoms with Crippen LogP contribution in [0.2, 0.25) is 0 Å². The van der Waals surface area contributed by atoms with Gasteiger partial charge in [-0.15, -0.1) is 0 Å². The molecule has 3 aromatic rings. The second-order valence-corrected chi connectivity index (χ2v) is 5.06. The average molecular weight is 307 g/mol. The van der Waals surface area contributed by atoms with Crippen molar-refractivity contribution in [1.82, 2.24) is 4.57 Å². The normalized spacial score (nSPS) is 11.5. The summed E-state index contributed by atoms with van der Waals surface area (Å²) in [6, 6.07) is 18.2. The summed E-state index contributed by atoms with van der Waals surface area (Å²) in [7, 11) is 2.86. The number of nitrogens with zero attached hydrogens (tertiary/aromatic N) is 1. The Kier molecular flexibility index (Phi) is 4.15. The maximum Gasteiger partial charge on any atom is 0.358 e. The molecule has 0 aliphatic heterocycles. The number of methoxy groups -OCH3 is 2. The van der Waals surface area contributed by atoms with Crippen molar-refractivity contribution in [2.45, 2.75) is 0 Å². The number of carbonyl (C=O) groups excluding carboxylic acids is 1. The van der Waals surface area contributed by atoms with Crippen LogP contribution < -0.4 is 0 Å². The van der Waals surface area contributed by atoms with E-state index in [1.807, 2.05) is 36.5 Å². The van der Waals surface area contributed by atoms with Gasteiger partial charge in [0.05, 0.1) is 19.7 Å². The Labute approximate surface area is 134 Å². The molecular formula is C19H17NO3. The number of rotatable bonds is 4. The van der Waals surface area contributed by atoms with E-state index in [9.17, 15) is 4.79 Å². The molecule has 0 fully saturated rings. The molecule has 1 heterocycles. The number of ether oxygens (including phenoxy) is 2. The molecule has 1 aromatic heterocycles. The quantitative estimate of drug-likeness (QED) is 0.416. The van der Waals surface area contributed by atoms with E-state index in [2.05, 4.69) is 24.3 Å². The Morgan fingerprint density at radius 1 is 1.00 bits per heavy atom. The largest absolute Gasteiger partial charge is 0.502 e. The van der Waals surface area contributed by atoms with Crippen molar-refractivity contribution in [2.24, 2.45) is 0 Å². The van der Waals surface area contributed by atoms with E-state index < -0.39 is 5.97 Å². The van der Waals surface area contributed by atoms with Crippen molar-refractivity contribution < 1.29 is 14.3 Å². The molecule has 4 nitrogen and oxygen atoms in total. The van der Waals surface area contributed by atoms with Crippen LogP contribution in [0.4, 0.5) is 0 Å². The predicted molar refractivity (Wildman–Crippen MR) is 90.7 cm³/mol. The minimum absolute atomic E-state index is 0.329. The highest BCUT2D eigenvalue weighted by atomic mass is 16.5. The zero-order valence-corrected chi connectivity index (χ0v) is 13.0. The van der Waals surface area contributed by atoms with Crippen LogP contribution in [0.1, 0.15) is 0 Å². The first kappa shape index (κ1) is 14.9. The van der Waals surface area contributed by atoms with E-state index in [0.717, 1.165) is 22.0 Å². The number of benzene rings is 2. The monoisotopic (exact) mass is 307 g/mol. The number of hydrogen-bond acceptors (Lipinski definition) is 3. The summed E-state index contributed by atoms with van der Waals surface area (Å²) < 4.78 is 11.7. The fraction of sp³-hybridized carbons (Fsp3) is 0.105. The van der Waals surface area contributed by atoms with E-state index in [1.165, 1.54) is 20.5 Å². The zero-order chi connectivity index (χ0) is 16.2. The van der Waals surface area contributed by atoms with Gasteiger partial charge in [0, 0.05) is 6.20 Å². The summed E-state index contributed by atoms with van der Waals surface area (Å²) in [5.41, 5.74) is 3.45. The standard InChI is InChI=1S/C19H17NO3/c1-22-13-18(19(21)23-2)20-11-10-15-8-9-16(12-17(15)20)14-6-4-3-5-7-14/h3-13H,1-2H3. The van der Waals surface area contributed by atoms with Gasteiger partial charge in [-0.05, 0) is 28.6 Å². The number of carbonyl (C=O) groups is 1. The third kappa shape index (κ3) is 2.83. The van der Waals surface area contributed by atoms with Gasteiger partial charge in [0.2, 0.25) is 0 Å². The molecule has 23 heavy (non-hydrogen) atoms. The molecule has 0 aliphatic carbocycles. The average Bonchev–Trinajstić information content (AvgIpc) is 3.02. The Balaban J connectivity index is 2.15. The summed E-state index contributed by atoms with van der Waals surface area (Å²) in [4.78, 5) is 12.0. The van der Waals surface area contributed by atoms with Crippen LogP contribution in [-0.2, 0) is 14.3 Å². The highest BCUT2D eigenvalue weighted by Crippen LogP contribution is 2.27. The Morgan fingerprint density at radius 3 is 2.48 bits per heavy atom. The smallest absolute Gasteiger partial charge is 0.358 e. The van der Waals surface area contributed by atoms with Crippen molar-refractivity contribution in [3.63, 3.8) is 0 Å². The molecule has 0 amide bonds. The third-order valence-corrected chi connectivity index (χ3v) is 3.68. The topological polar surface area (TPSA) is 40.5 Å². The zero-order valence-electron chi connectivity index (χ0n) is 13.0. The fourth-order valence-electron chi connectivity index (χ4n) is 2.57. The second kappa shape index (κ2) is 6.40. The van der Waals surface area contributed by atoms with Gasteiger partial charge in [0.1, 0.15) is 6.26 Å². The molecule has 0 atom stereocenters. The van der Waals surface area contributed by atoms with Crippen LogP contribution in [0, 0.1) is 0 Å². The molecule has 0 N–H and O–H groups in total. The summed E-state index contributed by atoms with van der Waals surface area (Å²) in [6.07, 6.45) is 3.22. The van der Waals surface area contributed by atoms with Gasteiger partial charge < -0.3 is 14.0 Å². The predicted octanol–water partition coefficient (Wildman–Crippen LogP) is 3.93. The molecule has 0 aliphatic rings. The number of fused-ring (bicyclic) bond motifs is 1. The van der Waals surface area contributed by atoms with E-state index in [-0.39, 0.29) is 0 Å². The number of esters is 1. The van der Waals surface area contributed by atoms with Crippen molar-refractivity contribution in [2.75, 3.05) is 14.2 Å². The lowest BCUT2D eigenvalue weighted by Gasteiger charge is -2.09. The van der Waals surface area contributed by atoms with E-state index in [0.29, 0.717) is 5.70 Å². The second-order valence-electron chi connectivity index (χ2n) is 5.06. The van der Waals surface area contributed by atoms with Crippen molar-refractivity contribution in [3.05, 3.63) is 67.1 Å². The minimum atomic E-state index is -0.450. The maximum atomic E-state index is 12.0. The summed E-state index contributed by atoms with van der Waals surface area (Å²) in [6.45, 7) is 0. The molecule has 3 rings (SSSR count). The molecule has 0 spiro atoms. The van der Waals surface area contributed by atoms with Gasteiger partial charge >= 0.3 is 5.97 Å². The van der Waals surface area contributed by atoms with Crippen LogP contribution in [0.15, 0.2) is 67.1 Å². The van der Waals surface area contributed by atoms with Gasteiger partial charge in [-0.2, -0.15) is 0 Å². The number of aromatic nitrogens is 1. The lowest BCUT2D eigenvalue weighted by molar-refractivity contribution is -0.134. The SMILES string of the molecule is COC=C(C(=O)OC)n1ccc2ccc(-c3ccccc3)cc21. The highest BCUT2D eigenvalue weighted by Gasteiger charge is 2.15. The van der Waals surface area contributed by atoms with Crippen molar-refractivity contribution >= 4 is 22.6 Å². The lowest BCUT2D eigenvalue weighted by Crippen LogP contribution is -2.10. The molecule has 2 aromatic carbocycles. The molecule has 4 heteroatoms. The molecule has 0 bridgehead atoms. The summed E-state index contributed by atoms with van der Waals surface area (Å²) >= 11 is 0. The first-order valence-electron chi connectivity index (χ1n) is 7.23. The minimum Gasteiger partial charge on any atom is -0.502 e. The lowest BCUT2D eigenvalue weighted by atomic mass is 10.0. The molecular weight excluding hydrogens is 290 g/mol. The van der Waals surface area contributed by atoms with Crippen LogP contribution in [0.25, 0.3) is 27.7 Å². The van der Waals surface area contributed by atoms with Crippen LogP contribution in [0.5, 0.6) is 0 Å². The van der Waals surface area contributed by atoms with E-state index in [4.69, 9.17) is 9.47 Å². The molecule has 0 saturated heterocycles. The molecule has 0 radical (unpaired) electrons. The first-order valence-corrected chi connectivity index (χ1v) is 7.23. The maximum absolute atomic E-state index is 12.0. The number of hydrogen-bond donors (Lipinski definition) is 0. The van der Waals surface area contributed by atoms with Crippen LogP contribution in [-0.4, -0.2) is 24.8 Å². The van der Waals surface area contributed by atoms with Gasteiger partial charge in [-0.3, -0.25) is 0 Å². The Bertz CT molecular complexity index is 863. The highest BCUT2D eigenvalue weighted by molar-refractivity contribution is 6.11. The van der Waals surface area contributed by atoms with Crippen molar-refractivity contribution in [1.29, 1.82) is 0 Å². The Hall–Kier alpha value is -3.01. The van der Waals surface area contributed by atoms with E-state index >= 15 is 0 Å². The van der Waals surface area contributed by atoms with Crippen LogP contribution in [0.3, 0.4) is 0 Å². The molecule has 116 valence electrons. The van der Waals surface area contributed by atoms with Crippen molar-refractivity contribution in [3.8, 4) is 11.1 Å². The molecule has 0 saturated carbocycles. The van der Waals surface area contributed by atoms with E-state index in [1.54, 1.807) is 4.57 Å². The van der Waals surface area contributed by atoms with Gasteiger partial charge in [-0.1, -0.05) is 42.5 Å². The van der Waals surface area contributed by atoms with Crippen LogP contribution >= 0.6 is 0 Å². The third-order valence-electron chi connectivity index (χ3n) is 3.68.